The van der Waals surface area contributed by atoms with E-state index in [2.05, 4.69) is 0 Å². The van der Waals surface area contributed by atoms with Crippen LogP contribution in [0.5, 0.6) is 5.75 Å². The molecule has 29 heavy (non-hydrogen) atoms. The van der Waals surface area contributed by atoms with E-state index in [0.717, 1.165) is 0 Å². The molecule has 1 aliphatic rings. The summed E-state index contributed by atoms with van der Waals surface area (Å²) >= 11 is 0. The molecule has 0 spiro atoms. The van der Waals surface area contributed by atoms with Crippen LogP contribution in [0.3, 0.4) is 0 Å². The van der Waals surface area contributed by atoms with Crippen molar-refractivity contribution >= 4 is 27.7 Å². The van der Waals surface area contributed by atoms with Gasteiger partial charge in [-0.05, 0) is 42.8 Å². The number of ether oxygens (including phenoxy) is 1. The van der Waals surface area contributed by atoms with Gasteiger partial charge in [-0.3, -0.25) is 14.9 Å². The fourth-order valence-electron chi connectivity index (χ4n) is 3.37. The van der Waals surface area contributed by atoms with E-state index in [1.807, 2.05) is 0 Å². The number of aryl methyl sites for hydroxylation is 1. The van der Waals surface area contributed by atoms with E-state index in [1.165, 1.54) is 35.7 Å². The van der Waals surface area contributed by atoms with E-state index in [0.29, 0.717) is 36.4 Å². The van der Waals surface area contributed by atoms with Crippen molar-refractivity contribution in [2.45, 2.75) is 11.8 Å². The van der Waals surface area contributed by atoms with Gasteiger partial charge in [0.05, 0.1) is 16.9 Å². The number of sulfonamides is 1. The Morgan fingerprint density at radius 3 is 2.34 bits per heavy atom. The van der Waals surface area contributed by atoms with Gasteiger partial charge in [-0.25, -0.2) is 8.42 Å². The topological polar surface area (TPSA) is 110 Å². The van der Waals surface area contributed by atoms with Crippen molar-refractivity contribution in [2.24, 2.45) is 0 Å². The molecule has 154 valence electrons. The summed E-state index contributed by atoms with van der Waals surface area (Å²) in [5.41, 5.74) is 1.01. The van der Waals surface area contributed by atoms with Crippen LogP contribution in [-0.4, -0.2) is 57.2 Å². The Morgan fingerprint density at radius 2 is 1.79 bits per heavy atom. The summed E-state index contributed by atoms with van der Waals surface area (Å²) in [5, 5.41) is 11.4. The molecular formula is C19H21N3O6S. The van der Waals surface area contributed by atoms with Crippen molar-refractivity contribution in [2.75, 3.05) is 38.2 Å². The highest BCUT2D eigenvalue weighted by Crippen LogP contribution is 2.31. The van der Waals surface area contributed by atoms with Crippen molar-refractivity contribution in [1.82, 2.24) is 4.31 Å². The van der Waals surface area contributed by atoms with Gasteiger partial charge in [0.2, 0.25) is 10.0 Å². The number of hydrogen-bond acceptors (Lipinski definition) is 7. The lowest BCUT2D eigenvalue weighted by Crippen LogP contribution is -2.48. The smallest absolute Gasteiger partial charge is 0.293 e. The number of rotatable bonds is 6. The second-order valence-corrected chi connectivity index (χ2v) is 8.55. The Labute approximate surface area is 168 Å². The van der Waals surface area contributed by atoms with Crippen molar-refractivity contribution in [1.29, 1.82) is 0 Å². The Kier molecular flexibility index (Phi) is 5.85. The number of aldehydes is 1. The molecule has 0 aromatic heterocycles. The maximum atomic E-state index is 13.0. The number of benzene rings is 2. The summed E-state index contributed by atoms with van der Waals surface area (Å²) in [7, 11) is -2.17. The molecule has 1 fully saturated rings. The summed E-state index contributed by atoms with van der Waals surface area (Å²) in [6.07, 6.45) is 0.554. The molecule has 2 aromatic rings. The largest absolute Gasteiger partial charge is 0.497 e. The standard InChI is InChI=1S/C19H21N3O6S/c1-14-11-16(28-2)4-6-19(14)29(26,27)21-9-7-20(8-10-21)17-5-3-15(13-23)12-18(17)22(24)25/h3-6,11-13H,7-10H2,1-2H3. The normalized spacial score (nSPS) is 15.2. The molecular weight excluding hydrogens is 398 g/mol. The van der Waals surface area contributed by atoms with Gasteiger partial charge in [-0.2, -0.15) is 4.31 Å². The van der Waals surface area contributed by atoms with Crippen molar-refractivity contribution < 1.29 is 22.9 Å². The zero-order valence-corrected chi connectivity index (χ0v) is 16.9. The van der Waals surface area contributed by atoms with Crippen LogP contribution in [0.2, 0.25) is 0 Å². The second-order valence-electron chi connectivity index (χ2n) is 6.65. The van der Waals surface area contributed by atoms with Crippen LogP contribution >= 0.6 is 0 Å². The average molecular weight is 419 g/mol. The molecule has 0 saturated carbocycles. The van der Waals surface area contributed by atoms with Gasteiger partial charge in [-0.15, -0.1) is 0 Å². The SMILES string of the molecule is COc1ccc(S(=O)(=O)N2CCN(c3ccc(C=O)cc3[N+](=O)[O-])CC2)c(C)c1. The molecule has 10 heteroatoms. The number of hydrogen-bond donors (Lipinski definition) is 0. The van der Waals surface area contributed by atoms with E-state index >= 15 is 0 Å². The fourth-order valence-corrected chi connectivity index (χ4v) is 5.00. The second kappa shape index (κ2) is 8.18. The lowest BCUT2D eigenvalue weighted by Gasteiger charge is -2.35. The van der Waals surface area contributed by atoms with Gasteiger partial charge in [0, 0.05) is 37.8 Å². The van der Waals surface area contributed by atoms with Crippen LogP contribution in [0, 0.1) is 17.0 Å². The summed E-state index contributed by atoms with van der Waals surface area (Å²) in [4.78, 5) is 23.7. The first-order valence-corrected chi connectivity index (χ1v) is 10.4. The van der Waals surface area contributed by atoms with E-state index < -0.39 is 14.9 Å². The number of nitrogens with zero attached hydrogens (tertiary/aromatic N) is 3. The van der Waals surface area contributed by atoms with E-state index in [1.54, 1.807) is 24.0 Å². The number of carbonyl (C=O) groups excluding carboxylic acids is 1. The van der Waals surface area contributed by atoms with Crippen LogP contribution in [-0.2, 0) is 10.0 Å². The Morgan fingerprint density at radius 1 is 1.10 bits per heavy atom. The van der Waals surface area contributed by atoms with Crippen molar-refractivity contribution in [3.05, 3.63) is 57.6 Å². The van der Waals surface area contributed by atoms with Gasteiger partial charge in [-0.1, -0.05) is 0 Å². The van der Waals surface area contributed by atoms with Gasteiger partial charge in [0.1, 0.15) is 17.7 Å². The van der Waals surface area contributed by atoms with Crippen LogP contribution in [0.15, 0.2) is 41.3 Å². The summed E-state index contributed by atoms with van der Waals surface area (Å²) < 4.78 is 32.6. The fraction of sp³-hybridized carbons (Fsp3) is 0.316. The van der Waals surface area contributed by atoms with Gasteiger partial charge in [0.25, 0.3) is 5.69 Å². The lowest BCUT2D eigenvalue weighted by molar-refractivity contribution is -0.384. The number of carbonyl (C=O) groups is 1. The molecule has 3 rings (SSSR count). The highest BCUT2D eigenvalue weighted by Gasteiger charge is 2.31. The average Bonchev–Trinajstić information content (AvgIpc) is 2.73. The molecule has 0 atom stereocenters. The first-order chi connectivity index (χ1) is 13.8. The summed E-state index contributed by atoms with van der Waals surface area (Å²) in [5.74, 6) is 0.581. The number of methoxy groups -OCH3 is 1. The number of nitro benzene ring substituents is 1. The predicted octanol–water partition coefficient (Wildman–Crippen LogP) is 2.24. The Balaban J connectivity index is 1.80. The zero-order valence-electron chi connectivity index (χ0n) is 16.1. The maximum Gasteiger partial charge on any atom is 0.293 e. The predicted molar refractivity (Wildman–Crippen MR) is 107 cm³/mol. The minimum Gasteiger partial charge on any atom is -0.497 e. The number of anilines is 1. The van der Waals surface area contributed by atoms with Crippen molar-refractivity contribution in [3.63, 3.8) is 0 Å². The van der Waals surface area contributed by atoms with Gasteiger partial charge in [0.15, 0.2) is 0 Å². The van der Waals surface area contributed by atoms with E-state index in [9.17, 15) is 23.3 Å². The molecule has 1 saturated heterocycles. The minimum absolute atomic E-state index is 0.170. The molecule has 0 unspecified atom stereocenters. The lowest BCUT2D eigenvalue weighted by atomic mass is 10.1. The molecule has 0 amide bonds. The van der Waals surface area contributed by atoms with Crippen LogP contribution in [0.1, 0.15) is 15.9 Å². The molecule has 9 nitrogen and oxygen atoms in total. The van der Waals surface area contributed by atoms with Gasteiger partial charge >= 0.3 is 0 Å². The summed E-state index contributed by atoms with van der Waals surface area (Å²) in [6.45, 7) is 2.70. The quantitative estimate of drug-likeness (QED) is 0.401. The Bertz CT molecular complexity index is 1050. The molecule has 0 N–H and O–H groups in total. The molecule has 0 radical (unpaired) electrons. The number of nitro groups is 1. The molecule has 0 bridgehead atoms. The summed E-state index contributed by atoms with van der Waals surface area (Å²) in [6, 6.07) is 9.07. The highest BCUT2D eigenvalue weighted by atomic mass is 32.2. The molecule has 1 aliphatic heterocycles. The van der Waals surface area contributed by atoms with E-state index in [-0.39, 0.29) is 29.2 Å². The third kappa shape index (κ3) is 4.08. The molecule has 0 aliphatic carbocycles. The Hall–Kier alpha value is -2.98. The third-order valence-corrected chi connectivity index (χ3v) is 6.97. The number of piperazine rings is 1. The van der Waals surface area contributed by atoms with Crippen LogP contribution in [0.4, 0.5) is 11.4 Å². The first-order valence-electron chi connectivity index (χ1n) is 8.91. The monoisotopic (exact) mass is 419 g/mol. The first kappa shape index (κ1) is 20.7. The maximum absolute atomic E-state index is 13.0. The van der Waals surface area contributed by atoms with E-state index in [4.69, 9.17) is 4.74 Å². The van der Waals surface area contributed by atoms with Crippen molar-refractivity contribution in [3.8, 4) is 5.75 Å². The molecule has 1 heterocycles. The van der Waals surface area contributed by atoms with Gasteiger partial charge < -0.3 is 9.64 Å². The van der Waals surface area contributed by atoms with Crippen LogP contribution in [0.25, 0.3) is 0 Å². The minimum atomic E-state index is -3.69. The third-order valence-electron chi connectivity index (χ3n) is 4.91. The van der Waals surface area contributed by atoms with Crippen LogP contribution < -0.4 is 9.64 Å². The zero-order chi connectivity index (χ0) is 21.2. The highest BCUT2D eigenvalue weighted by molar-refractivity contribution is 7.89. The molecule has 2 aromatic carbocycles.